The number of aryl methyl sites for hydroxylation is 2. The zero-order chi connectivity index (χ0) is 39.5. The SMILES string of the molecule is Cc1cc(-c2ccccc2)ccc1N(c1cc(-c2ccccc2-n2c3ccccc3c3ccccc32)c2oc3ccccc3c2c1)c1ccc(-c2ccccc2)cc1C. The second-order valence-electron chi connectivity index (χ2n) is 15.4. The highest BCUT2D eigenvalue weighted by atomic mass is 16.3. The van der Waals surface area contributed by atoms with Crippen LogP contribution in [-0.4, -0.2) is 4.57 Å². The highest BCUT2D eigenvalue weighted by Crippen LogP contribution is 2.47. The van der Waals surface area contributed by atoms with Crippen LogP contribution in [0.15, 0.2) is 211 Å². The van der Waals surface area contributed by atoms with Crippen LogP contribution in [0.4, 0.5) is 17.1 Å². The van der Waals surface area contributed by atoms with E-state index in [2.05, 4.69) is 230 Å². The third-order valence-corrected chi connectivity index (χ3v) is 11.8. The standard InChI is InChI=1S/C56H40N2O/c1-37-33-41(39-17-5-3-6-18-39)29-31-50(37)57(51-32-30-42(34-38(51)2)40-19-7-4-8-20-40)43-35-48(56-49(36-43)47-24-12-16-28-55(47)59-56)46-23-11-15-27-54(46)58-52-25-13-9-21-44(52)45-22-10-14-26-53(45)58/h3-36H,1-2H3. The summed E-state index contributed by atoms with van der Waals surface area (Å²) in [5.41, 5.74) is 17.8. The zero-order valence-electron chi connectivity index (χ0n) is 32.9. The monoisotopic (exact) mass is 756 g/mol. The van der Waals surface area contributed by atoms with E-state index in [1.165, 1.54) is 55.2 Å². The molecular weight excluding hydrogens is 717 g/mol. The Labute approximate surface area is 343 Å². The van der Waals surface area contributed by atoms with Gasteiger partial charge in [-0.25, -0.2) is 0 Å². The van der Waals surface area contributed by atoms with Crippen LogP contribution < -0.4 is 4.90 Å². The topological polar surface area (TPSA) is 21.3 Å². The molecule has 0 aliphatic heterocycles. The summed E-state index contributed by atoms with van der Waals surface area (Å²) in [5.74, 6) is 0. The Balaban J connectivity index is 1.19. The highest BCUT2D eigenvalue weighted by Gasteiger charge is 2.24. The Bertz CT molecular complexity index is 3210. The van der Waals surface area contributed by atoms with Crippen LogP contribution in [0.3, 0.4) is 0 Å². The van der Waals surface area contributed by atoms with Gasteiger partial charge in [-0.2, -0.15) is 0 Å². The van der Waals surface area contributed by atoms with E-state index in [1.54, 1.807) is 0 Å². The fourth-order valence-corrected chi connectivity index (χ4v) is 9.06. The van der Waals surface area contributed by atoms with Crippen molar-refractivity contribution in [3.63, 3.8) is 0 Å². The second kappa shape index (κ2) is 14.1. The molecule has 0 radical (unpaired) electrons. The second-order valence-corrected chi connectivity index (χ2v) is 15.4. The molecule has 0 saturated heterocycles. The maximum atomic E-state index is 6.88. The molecule has 0 aliphatic carbocycles. The number of benzene rings is 9. The Kier molecular flexibility index (Phi) is 8.27. The minimum absolute atomic E-state index is 0.869. The lowest BCUT2D eigenvalue weighted by molar-refractivity contribution is 0.670. The molecule has 3 heteroatoms. The van der Waals surface area contributed by atoms with Crippen molar-refractivity contribution in [3.05, 3.63) is 217 Å². The molecule has 0 amide bonds. The molecule has 280 valence electrons. The lowest BCUT2D eigenvalue weighted by atomic mass is 9.96. The molecule has 2 aromatic heterocycles. The summed E-state index contributed by atoms with van der Waals surface area (Å²) in [6.45, 7) is 4.46. The zero-order valence-corrected chi connectivity index (χ0v) is 32.9. The summed E-state index contributed by atoms with van der Waals surface area (Å²) in [7, 11) is 0. The number of para-hydroxylation sites is 4. The van der Waals surface area contributed by atoms with Crippen molar-refractivity contribution in [2.24, 2.45) is 0 Å². The molecule has 59 heavy (non-hydrogen) atoms. The average Bonchev–Trinajstić information content (AvgIpc) is 3.84. The summed E-state index contributed by atoms with van der Waals surface area (Å²) < 4.78 is 9.30. The number of furan rings is 1. The van der Waals surface area contributed by atoms with Crippen LogP contribution in [0.1, 0.15) is 11.1 Å². The number of aromatic nitrogens is 1. The quantitative estimate of drug-likeness (QED) is 0.161. The summed E-state index contributed by atoms with van der Waals surface area (Å²) in [4.78, 5) is 2.45. The van der Waals surface area contributed by atoms with Gasteiger partial charge in [0.15, 0.2) is 0 Å². The van der Waals surface area contributed by atoms with Crippen molar-refractivity contribution in [2.45, 2.75) is 13.8 Å². The maximum absolute atomic E-state index is 6.88. The van der Waals surface area contributed by atoms with Gasteiger partial charge in [-0.15, -0.1) is 0 Å². The van der Waals surface area contributed by atoms with E-state index >= 15 is 0 Å². The third kappa shape index (κ3) is 5.82. The molecule has 0 N–H and O–H groups in total. The molecule has 2 heterocycles. The van der Waals surface area contributed by atoms with E-state index in [0.717, 1.165) is 55.8 Å². The highest BCUT2D eigenvalue weighted by molar-refractivity contribution is 6.14. The number of fused-ring (bicyclic) bond motifs is 6. The van der Waals surface area contributed by atoms with Crippen LogP contribution in [-0.2, 0) is 0 Å². The Morgan fingerprint density at radius 3 is 1.49 bits per heavy atom. The first kappa shape index (κ1) is 34.6. The van der Waals surface area contributed by atoms with Crippen LogP contribution >= 0.6 is 0 Å². The molecule has 9 aromatic carbocycles. The Morgan fingerprint density at radius 2 is 0.898 bits per heavy atom. The molecule has 0 atom stereocenters. The van der Waals surface area contributed by atoms with Gasteiger partial charge in [-0.3, -0.25) is 0 Å². The predicted molar refractivity (Wildman–Crippen MR) is 249 cm³/mol. The van der Waals surface area contributed by atoms with Gasteiger partial charge in [0.2, 0.25) is 0 Å². The molecule has 0 unspecified atom stereocenters. The summed E-state index contributed by atoms with van der Waals surface area (Å²) >= 11 is 0. The summed E-state index contributed by atoms with van der Waals surface area (Å²) in [6, 6.07) is 74.2. The van der Waals surface area contributed by atoms with Crippen molar-refractivity contribution >= 4 is 60.8 Å². The molecule has 11 rings (SSSR count). The van der Waals surface area contributed by atoms with Crippen LogP contribution in [0, 0.1) is 13.8 Å². The smallest absolute Gasteiger partial charge is 0.143 e. The predicted octanol–water partition coefficient (Wildman–Crippen LogP) is 15.8. The van der Waals surface area contributed by atoms with Gasteiger partial charge in [0.1, 0.15) is 11.2 Å². The van der Waals surface area contributed by atoms with Crippen LogP contribution in [0.5, 0.6) is 0 Å². The lowest BCUT2D eigenvalue weighted by Gasteiger charge is -2.30. The van der Waals surface area contributed by atoms with Gasteiger partial charge >= 0.3 is 0 Å². The number of rotatable bonds is 7. The molecule has 11 aromatic rings. The number of anilines is 3. The largest absolute Gasteiger partial charge is 0.455 e. The number of hydrogen-bond donors (Lipinski definition) is 0. The first-order valence-corrected chi connectivity index (χ1v) is 20.3. The fourth-order valence-electron chi connectivity index (χ4n) is 9.06. The molecule has 0 fully saturated rings. The number of nitrogens with zero attached hydrogens (tertiary/aromatic N) is 2. The summed E-state index contributed by atoms with van der Waals surface area (Å²) in [5, 5.41) is 4.63. The van der Waals surface area contributed by atoms with E-state index in [0.29, 0.717) is 0 Å². The van der Waals surface area contributed by atoms with E-state index in [9.17, 15) is 0 Å². The minimum Gasteiger partial charge on any atom is -0.455 e. The van der Waals surface area contributed by atoms with Gasteiger partial charge in [0.05, 0.1) is 16.7 Å². The first-order chi connectivity index (χ1) is 29.1. The summed E-state index contributed by atoms with van der Waals surface area (Å²) in [6.07, 6.45) is 0. The average molecular weight is 757 g/mol. The lowest BCUT2D eigenvalue weighted by Crippen LogP contribution is -2.13. The maximum Gasteiger partial charge on any atom is 0.143 e. The number of hydrogen-bond acceptors (Lipinski definition) is 2. The first-order valence-electron chi connectivity index (χ1n) is 20.3. The van der Waals surface area contributed by atoms with Gasteiger partial charge in [0.25, 0.3) is 0 Å². The molecule has 0 saturated carbocycles. The fraction of sp³-hybridized carbons (Fsp3) is 0.0357. The van der Waals surface area contributed by atoms with Gasteiger partial charge in [-0.05, 0) is 108 Å². The van der Waals surface area contributed by atoms with Crippen molar-refractivity contribution < 1.29 is 4.42 Å². The van der Waals surface area contributed by atoms with Gasteiger partial charge in [-0.1, -0.05) is 146 Å². The van der Waals surface area contributed by atoms with Crippen molar-refractivity contribution in [1.29, 1.82) is 0 Å². The van der Waals surface area contributed by atoms with Gasteiger partial charge in [0, 0.05) is 49.7 Å². The molecule has 3 nitrogen and oxygen atoms in total. The third-order valence-electron chi connectivity index (χ3n) is 11.8. The van der Waals surface area contributed by atoms with Gasteiger partial charge < -0.3 is 13.9 Å². The van der Waals surface area contributed by atoms with Crippen LogP contribution in [0.2, 0.25) is 0 Å². The van der Waals surface area contributed by atoms with Crippen LogP contribution in [0.25, 0.3) is 82.8 Å². The molecular formula is C56H40N2O. The Morgan fingerprint density at radius 1 is 0.390 bits per heavy atom. The normalized spacial score (nSPS) is 11.6. The van der Waals surface area contributed by atoms with E-state index in [1.807, 2.05) is 0 Å². The molecule has 0 spiro atoms. The van der Waals surface area contributed by atoms with Crippen molar-refractivity contribution in [2.75, 3.05) is 4.90 Å². The van der Waals surface area contributed by atoms with Crippen molar-refractivity contribution in [3.8, 4) is 39.1 Å². The van der Waals surface area contributed by atoms with Crippen molar-refractivity contribution in [1.82, 2.24) is 4.57 Å². The van der Waals surface area contributed by atoms with E-state index in [-0.39, 0.29) is 0 Å². The molecule has 0 bridgehead atoms. The van der Waals surface area contributed by atoms with E-state index < -0.39 is 0 Å². The molecule has 0 aliphatic rings. The Hall–Kier alpha value is -7.62. The minimum atomic E-state index is 0.869. The van der Waals surface area contributed by atoms with E-state index in [4.69, 9.17) is 4.42 Å².